The van der Waals surface area contributed by atoms with Crippen molar-refractivity contribution in [3.63, 3.8) is 0 Å². The van der Waals surface area contributed by atoms with Crippen LogP contribution >= 0.6 is 0 Å². The fourth-order valence-electron chi connectivity index (χ4n) is 2.70. The molecule has 0 saturated heterocycles. The smallest absolute Gasteiger partial charge is 0.242 e. The summed E-state index contributed by atoms with van der Waals surface area (Å²) in [5, 5.41) is 0. The monoisotopic (exact) mass is 236 g/mol. The molecule has 1 saturated carbocycles. The average molecular weight is 236 g/mol. The van der Waals surface area contributed by atoms with Gasteiger partial charge in [0.25, 0.3) is 0 Å². The standard InChI is InChI=1S/C14H24OSi/c1-16(2,3)15-14-10-9-13(11-14)12-7-5-4-6-8-12/h10-12H,4-9H2,1-3H3. The molecule has 0 N–H and O–H groups in total. The molecule has 90 valence electrons. The maximum Gasteiger partial charge on any atom is 0.242 e. The largest absolute Gasteiger partial charge is 0.545 e. The maximum absolute atomic E-state index is 6.04. The van der Waals surface area contributed by atoms with Crippen molar-refractivity contribution in [1.82, 2.24) is 0 Å². The minimum Gasteiger partial charge on any atom is -0.545 e. The van der Waals surface area contributed by atoms with E-state index in [0.29, 0.717) is 0 Å². The molecule has 2 aliphatic carbocycles. The van der Waals surface area contributed by atoms with Crippen LogP contribution in [0.5, 0.6) is 0 Å². The molecule has 2 aliphatic rings. The van der Waals surface area contributed by atoms with Crippen LogP contribution in [0.25, 0.3) is 0 Å². The molecular formula is C14H24OSi. The fourth-order valence-corrected chi connectivity index (χ4v) is 3.55. The van der Waals surface area contributed by atoms with Gasteiger partial charge in [-0.05, 0) is 57.0 Å². The van der Waals surface area contributed by atoms with Crippen molar-refractivity contribution in [3.05, 3.63) is 23.5 Å². The van der Waals surface area contributed by atoms with E-state index in [0.717, 1.165) is 18.1 Å². The molecule has 0 aromatic carbocycles. The van der Waals surface area contributed by atoms with Crippen LogP contribution in [0.3, 0.4) is 0 Å². The Morgan fingerprint density at radius 1 is 1.12 bits per heavy atom. The molecule has 0 aromatic rings. The first-order valence-corrected chi connectivity index (χ1v) is 10.0. The van der Waals surface area contributed by atoms with Crippen molar-refractivity contribution in [2.45, 2.75) is 58.2 Å². The molecule has 0 bridgehead atoms. The molecule has 0 radical (unpaired) electrons. The quantitative estimate of drug-likeness (QED) is 0.649. The first kappa shape index (κ1) is 12.0. The van der Waals surface area contributed by atoms with E-state index in [-0.39, 0.29) is 0 Å². The first-order valence-electron chi connectivity index (χ1n) is 6.64. The summed E-state index contributed by atoms with van der Waals surface area (Å²) in [7, 11) is -1.41. The van der Waals surface area contributed by atoms with Crippen molar-refractivity contribution in [1.29, 1.82) is 0 Å². The Morgan fingerprint density at radius 2 is 1.81 bits per heavy atom. The number of hydrogen-bond donors (Lipinski definition) is 0. The molecule has 0 aliphatic heterocycles. The van der Waals surface area contributed by atoms with E-state index in [1.807, 2.05) is 0 Å². The second kappa shape index (κ2) is 4.78. The summed E-state index contributed by atoms with van der Waals surface area (Å²) in [5.74, 6) is 2.01. The van der Waals surface area contributed by atoms with Crippen LogP contribution in [-0.2, 0) is 4.43 Å². The SMILES string of the molecule is C[Si](C)(C)OC1=CCC(C2CCCCC2)=C1. The summed E-state index contributed by atoms with van der Waals surface area (Å²) in [6.07, 6.45) is 12.8. The van der Waals surface area contributed by atoms with Gasteiger partial charge in [-0.1, -0.05) is 24.8 Å². The highest BCUT2D eigenvalue weighted by Gasteiger charge is 2.23. The lowest BCUT2D eigenvalue weighted by atomic mass is 9.83. The summed E-state index contributed by atoms with van der Waals surface area (Å²) in [5.41, 5.74) is 1.63. The normalized spacial score (nSPS) is 22.9. The van der Waals surface area contributed by atoms with Gasteiger partial charge in [0.15, 0.2) is 0 Å². The van der Waals surface area contributed by atoms with Crippen LogP contribution in [0.4, 0.5) is 0 Å². The van der Waals surface area contributed by atoms with Gasteiger partial charge in [0.05, 0.1) is 5.76 Å². The third-order valence-electron chi connectivity index (χ3n) is 3.42. The first-order chi connectivity index (χ1) is 7.54. The van der Waals surface area contributed by atoms with Crippen molar-refractivity contribution in [3.8, 4) is 0 Å². The molecule has 0 aromatic heterocycles. The second-order valence-electron chi connectivity index (χ2n) is 6.08. The molecule has 0 spiro atoms. The summed E-state index contributed by atoms with van der Waals surface area (Å²) in [6, 6.07) is 0. The zero-order valence-electron chi connectivity index (χ0n) is 10.9. The van der Waals surface area contributed by atoms with E-state index in [2.05, 4.69) is 31.8 Å². The molecule has 1 nitrogen and oxygen atoms in total. The number of hydrogen-bond acceptors (Lipinski definition) is 1. The van der Waals surface area contributed by atoms with Gasteiger partial charge in [-0.2, -0.15) is 0 Å². The average Bonchev–Trinajstić information content (AvgIpc) is 2.65. The van der Waals surface area contributed by atoms with E-state index in [1.165, 1.54) is 32.1 Å². The highest BCUT2D eigenvalue weighted by molar-refractivity contribution is 6.70. The molecule has 0 atom stereocenters. The van der Waals surface area contributed by atoms with E-state index < -0.39 is 8.32 Å². The summed E-state index contributed by atoms with van der Waals surface area (Å²) in [6.45, 7) is 6.75. The van der Waals surface area contributed by atoms with Crippen molar-refractivity contribution in [2.24, 2.45) is 5.92 Å². The van der Waals surface area contributed by atoms with Crippen molar-refractivity contribution >= 4 is 8.32 Å². The van der Waals surface area contributed by atoms with E-state index in [9.17, 15) is 0 Å². The lowest BCUT2D eigenvalue weighted by molar-refractivity contribution is 0.399. The zero-order chi connectivity index (χ0) is 11.6. The van der Waals surface area contributed by atoms with Gasteiger partial charge in [0, 0.05) is 0 Å². The molecule has 16 heavy (non-hydrogen) atoms. The Morgan fingerprint density at radius 3 is 2.44 bits per heavy atom. The van der Waals surface area contributed by atoms with Gasteiger partial charge in [-0.25, -0.2) is 0 Å². The third kappa shape index (κ3) is 3.24. The molecule has 1 fully saturated rings. The van der Waals surface area contributed by atoms with E-state index in [1.54, 1.807) is 5.57 Å². The Labute approximate surface area is 101 Å². The Balaban J connectivity index is 1.93. The predicted octanol–water partition coefficient (Wildman–Crippen LogP) is 4.63. The maximum atomic E-state index is 6.04. The Kier molecular flexibility index (Phi) is 3.58. The Hall–Kier alpha value is -0.503. The van der Waals surface area contributed by atoms with E-state index >= 15 is 0 Å². The predicted molar refractivity (Wildman–Crippen MR) is 71.8 cm³/mol. The highest BCUT2D eigenvalue weighted by Crippen LogP contribution is 2.35. The van der Waals surface area contributed by atoms with Gasteiger partial charge < -0.3 is 4.43 Å². The van der Waals surface area contributed by atoms with Crippen LogP contribution in [-0.4, -0.2) is 8.32 Å². The molecule has 0 heterocycles. The van der Waals surface area contributed by atoms with Gasteiger partial charge >= 0.3 is 0 Å². The highest BCUT2D eigenvalue weighted by atomic mass is 28.4. The Bertz CT molecular complexity index is 303. The van der Waals surface area contributed by atoms with Crippen LogP contribution in [0.15, 0.2) is 23.5 Å². The van der Waals surface area contributed by atoms with Crippen molar-refractivity contribution in [2.75, 3.05) is 0 Å². The second-order valence-corrected chi connectivity index (χ2v) is 10.5. The van der Waals surface area contributed by atoms with Gasteiger partial charge in [-0.15, -0.1) is 0 Å². The molecule has 2 heteroatoms. The number of rotatable bonds is 3. The summed E-state index contributed by atoms with van der Waals surface area (Å²) in [4.78, 5) is 0. The topological polar surface area (TPSA) is 9.23 Å². The zero-order valence-corrected chi connectivity index (χ0v) is 11.9. The van der Waals surface area contributed by atoms with Crippen LogP contribution in [0.1, 0.15) is 38.5 Å². The van der Waals surface area contributed by atoms with Gasteiger partial charge in [-0.3, -0.25) is 0 Å². The van der Waals surface area contributed by atoms with Gasteiger partial charge in [0.2, 0.25) is 8.32 Å². The number of allylic oxidation sites excluding steroid dienone is 3. The lowest BCUT2D eigenvalue weighted by Crippen LogP contribution is -2.24. The molecule has 0 amide bonds. The van der Waals surface area contributed by atoms with Crippen LogP contribution < -0.4 is 0 Å². The summed E-state index contributed by atoms with van der Waals surface area (Å²) >= 11 is 0. The molecular weight excluding hydrogens is 212 g/mol. The fraction of sp³-hybridized carbons (Fsp3) is 0.714. The van der Waals surface area contributed by atoms with Gasteiger partial charge in [0.1, 0.15) is 0 Å². The summed E-state index contributed by atoms with van der Waals surface area (Å²) < 4.78 is 6.04. The van der Waals surface area contributed by atoms with Crippen molar-refractivity contribution < 1.29 is 4.43 Å². The molecule has 2 rings (SSSR count). The lowest BCUT2D eigenvalue weighted by Gasteiger charge is -2.23. The van der Waals surface area contributed by atoms with Crippen LogP contribution in [0.2, 0.25) is 19.6 Å². The molecule has 0 unspecified atom stereocenters. The minimum atomic E-state index is -1.41. The van der Waals surface area contributed by atoms with E-state index in [4.69, 9.17) is 4.43 Å². The van der Waals surface area contributed by atoms with Crippen LogP contribution in [0, 0.1) is 5.92 Å². The third-order valence-corrected chi connectivity index (χ3v) is 4.27. The minimum absolute atomic E-state index is 0.854.